The van der Waals surface area contributed by atoms with Gasteiger partial charge in [-0.1, -0.05) is 25.1 Å². The van der Waals surface area contributed by atoms with Gasteiger partial charge in [-0.05, 0) is 24.5 Å². The minimum Gasteiger partial charge on any atom is -0.378 e. The van der Waals surface area contributed by atoms with E-state index < -0.39 is 0 Å². The quantitative estimate of drug-likeness (QED) is 0.832. The van der Waals surface area contributed by atoms with Crippen LogP contribution in [0.5, 0.6) is 0 Å². The fourth-order valence-electron chi connectivity index (χ4n) is 2.92. The molecule has 2 aliphatic rings. The lowest BCUT2D eigenvalue weighted by molar-refractivity contribution is -0.00807. The lowest BCUT2D eigenvalue weighted by atomic mass is 10.1. The zero-order chi connectivity index (χ0) is 12.4. The Morgan fingerprint density at radius 2 is 2.28 bits per heavy atom. The maximum Gasteiger partial charge on any atom is 0.0622 e. The summed E-state index contributed by atoms with van der Waals surface area (Å²) in [4.78, 5) is 4.12. The van der Waals surface area contributed by atoms with Crippen molar-refractivity contribution in [3.63, 3.8) is 0 Å². The molecule has 18 heavy (non-hydrogen) atoms. The van der Waals surface area contributed by atoms with E-state index in [2.05, 4.69) is 47.9 Å². The first-order valence-electron chi connectivity index (χ1n) is 6.93. The molecule has 2 atom stereocenters. The lowest BCUT2D eigenvalue weighted by Crippen LogP contribution is -2.47. The second-order valence-corrected chi connectivity index (χ2v) is 6.53. The minimum atomic E-state index is 0.628. The number of benzene rings is 1. The maximum atomic E-state index is 5.58. The summed E-state index contributed by atoms with van der Waals surface area (Å²) >= 11 is 2.06. The van der Waals surface area contributed by atoms with Crippen LogP contribution in [-0.4, -0.2) is 42.5 Å². The lowest BCUT2D eigenvalue weighted by Gasteiger charge is -2.36. The molecule has 0 aliphatic carbocycles. The van der Waals surface area contributed by atoms with E-state index in [-0.39, 0.29) is 0 Å². The number of hydrogen-bond donors (Lipinski definition) is 0. The summed E-state index contributed by atoms with van der Waals surface area (Å²) in [5.74, 6) is 0. The summed E-state index contributed by atoms with van der Waals surface area (Å²) in [7, 11) is 0. The number of nitrogens with zero attached hydrogens (tertiary/aromatic N) is 1. The summed E-state index contributed by atoms with van der Waals surface area (Å²) in [5, 5.41) is 0.731. The minimum absolute atomic E-state index is 0.628. The van der Waals surface area contributed by atoms with Crippen LogP contribution in [0.25, 0.3) is 0 Å². The number of fused-ring (bicyclic) bond motifs is 1. The van der Waals surface area contributed by atoms with Crippen molar-refractivity contribution in [2.45, 2.75) is 36.0 Å². The molecule has 2 heterocycles. The van der Waals surface area contributed by atoms with E-state index in [9.17, 15) is 0 Å². The van der Waals surface area contributed by atoms with E-state index in [1.54, 1.807) is 0 Å². The van der Waals surface area contributed by atoms with E-state index in [4.69, 9.17) is 4.74 Å². The summed E-state index contributed by atoms with van der Waals surface area (Å²) in [6.45, 7) is 6.40. The molecule has 0 radical (unpaired) electrons. The van der Waals surface area contributed by atoms with Gasteiger partial charge in [0.1, 0.15) is 0 Å². The average Bonchev–Trinajstić information content (AvgIpc) is 2.81. The van der Waals surface area contributed by atoms with Crippen molar-refractivity contribution < 1.29 is 4.74 Å². The summed E-state index contributed by atoms with van der Waals surface area (Å²) in [6.07, 6.45) is 2.43. The highest BCUT2D eigenvalue weighted by molar-refractivity contribution is 8.00. The summed E-state index contributed by atoms with van der Waals surface area (Å²) in [5.41, 5.74) is 1.54. The molecule has 0 amide bonds. The van der Waals surface area contributed by atoms with Crippen molar-refractivity contribution in [1.29, 1.82) is 0 Å². The predicted molar refractivity (Wildman–Crippen MR) is 76.3 cm³/mol. The molecule has 0 aromatic heterocycles. The Balaban J connectivity index is 1.61. The van der Waals surface area contributed by atoms with Crippen LogP contribution in [0.4, 0.5) is 0 Å². The van der Waals surface area contributed by atoms with Crippen molar-refractivity contribution in [3.8, 4) is 0 Å². The van der Waals surface area contributed by atoms with Gasteiger partial charge >= 0.3 is 0 Å². The first-order valence-corrected chi connectivity index (χ1v) is 7.81. The number of hydrogen-bond acceptors (Lipinski definition) is 3. The number of ether oxygens (including phenoxy) is 1. The molecule has 2 nitrogen and oxygen atoms in total. The van der Waals surface area contributed by atoms with Gasteiger partial charge in [-0.15, -0.1) is 11.8 Å². The van der Waals surface area contributed by atoms with Gasteiger partial charge in [-0.25, -0.2) is 0 Å². The second-order valence-electron chi connectivity index (χ2n) is 5.18. The van der Waals surface area contributed by atoms with Gasteiger partial charge in [0.25, 0.3) is 0 Å². The highest BCUT2D eigenvalue weighted by atomic mass is 32.2. The van der Waals surface area contributed by atoms with Crippen LogP contribution in [0.1, 0.15) is 18.9 Å². The molecule has 0 N–H and O–H groups in total. The van der Waals surface area contributed by atoms with Gasteiger partial charge in [-0.2, -0.15) is 0 Å². The monoisotopic (exact) mass is 263 g/mol. The third kappa shape index (κ3) is 2.58. The van der Waals surface area contributed by atoms with Crippen molar-refractivity contribution in [3.05, 3.63) is 29.8 Å². The average molecular weight is 263 g/mol. The van der Waals surface area contributed by atoms with Gasteiger partial charge in [-0.3, -0.25) is 4.90 Å². The largest absolute Gasteiger partial charge is 0.378 e. The predicted octanol–water partition coefficient (Wildman–Crippen LogP) is 2.81. The Hall–Kier alpha value is -0.510. The van der Waals surface area contributed by atoms with Crippen molar-refractivity contribution in [1.82, 2.24) is 4.90 Å². The standard InChI is InChI=1S/C15H21NOS/c1-2-13-11-17-8-7-16(13)10-14-9-12-5-3-4-6-15(12)18-14/h3-6,13-14H,2,7-11H2,1H3. The number of morpholine rings is 1. The van der Waals surface area contributed by atoms with Crippen LogP contribution in [0.15, 0.2) is 29.2 Å². The van der Waals surface area contributed by atoms with Gasteiger partial charge in [0.05, 0.1) is 13.2 Å². The smallest absolute Gasteiger partial charge is 0.0622 e. The van der Waals surface area contributed by atoms with Crippen LogP contribution in [0.2, 0.25) is 0 Å². The molecule has 3 rings (SSSR count). The van der Waals surface area contributed by atoms with Crippen LogP contribution in [0, 0.1) is 0 Å². The molecule has 1 aromatic carbocycles. The Bertz CT molecular complexity index is 384. The summed E-state index contributed by atoms with van der Waals surface area (Å²) in [6, 6.07) is 9.47. The molecule has 98 valence electrons. The maximum absolute atomic E-state index is 5.58. The highest BCUT2D eigenvalue weighted by Gasteiger charge is 2.28. The van der Waals surface area contributed by atoms with Crippen LogP contribution in [-0.2, 0) is 11.2 Å². The van der Waals surface area contributed by atoms with E-state index in [0.29, 0.717) is 6.04 Å². The van der Waals surface area contributed by atoms with E-state index >= 15 is 0 Å². The van der Waals surface area contributed by atoms with Gasteiger partial charge in [0.15, 0.2) is 0 Å². The zero-order valence-corrected chi connectivity index (χ0v) is 11.8. The molecule has 1 fully saturated rings. The number of thioether (sulfide) groups is 1. The Kier molecular flexibility index (Phi) is 3.92. The van der Waals surface area contributed by atoms with E-state index in [0.717, 1.165) is 25.0 Å². The fourth-order valence-corrected chi connectivity index (χ4v) is 4.27. The molecular weight excluding hydrogens is 242 g/mol. The molecule has 2 unspecified atom stereocenters. The van der Waals surface area contributed by atoms with E-state index in [1.807, 2.05) is 0 Å². The molecule has 3 heteroatoms. The first-order chi connectivity index (χ1) is 8.86. The second kappa shape index (κ2) is 5.64. The van der Waals surface area contributed by atoms with Gasteiger partial charge in [0.2, 0.25) is 0 Å². The fraction of sp³-hybridized carbons (Fsp3) is 0.600. The molecule has 1 aromatic rings. The van der Waals surface area contributed by atoms with Crippen molar-refractivity contribution in [2.24, 2.45) is 0 Å². The van der Waals surface area contributed by atoms with Gasteiger partial charge in [0, 0.05) is 29.3 Å². The third-order valence-corrected chi connectivity index (χ3v) is 5.27. The van der Waals surface area contributed by atoms with Crippen molar-refractivity contribution in [2.75, 3.05) is 26.3 Å². The third-order valence-electron chi connectivity index (χ3n) is 3.97. The molecule has 0 saturated carbocycles. The van der Waals surface area contributed by atoms with Crippen LogP contribution in [0.3, 0.4) is 0 Å². The normalized spacial score (nSPS) is 28.3. The Morgan fingerprint density at radius 1 is 1.39 bits per heavy atom. The van der Waals surface area contributed by atoms with Crippen LogP contribution < -0.4 is 0 Å². The molecular formula is C15H21NOS. The summed E-state index contributed by atoms with van der Waals surface area (Å²) < 4.78 is 5.58. The Labute approximate surface area is 114 Å². The molecule has 0 spiro atoms. The first kappa shape index (κ1) is 12.5. The Morgan fingerprint density at radius 3 is 3.11 bits per heavy atom. The molecule has 2 aliphatic heterocycles. The van der Waals surface area contributed by atoms with Crippen molar-refractivity contribution >= 4 is 11.8 Å². The molecule has 0 bridgehead atoms. The number of rotatable bonds is 3. The zero-order valence-electron chi connectivity index (χ0n) is 11.0. The van der Waals surface area contributed by atoms with Crippen LogP contribution >= 0.6 is 11.8 Å². The SMILES string of the molecule is CCC1COCCN1CC1Cc2ccccc2S1. The topological polar surface area (TPSA) is 12.5 Å². The highest BCUT2D eigenvalue weighted by Crippen LogP contribution is 2.37. The van der Waals surface area contributed by atoms with E-state index in [1.165, 1.54) is 29.8 Å². The molecule has 1 saturated heterocycles. The van der Waals surface area contributed by atoms with Gasteiger partial charge < -0.3 is 4.74 Å².